The Kier molecular flexibility index (Phi) is 4.86. The summed E-state index contributed by atoms with van der Waals surface area (Å²) in [5.41, 5.74) is 1.61. The molecule has 1 aromatic carbocycles. The molecule has 0 unspecified atom stereocenters. The van der Waals surface area contributed by atoms with Gasteiger partial charge in [-0.3, -0.25) is 14.7 Å². The number of nitrogens with zero attached hydrogens (tertiary/aromatic N) is 3. The molecule has 6 nitrogen and oxygen atoms in total. The second-order valence-electron chi connectivity index (χ2n) is 5.96. The Morgan fingerprint density at radius 3 is 3.04 bits per heavy atom. The third-order valence-electron chi connectivity index (χ3n) is 4.08. The number of anilines is 1. The van der Waals surface area contributed by atoms with E-state index in [4.69, 9.17) is 16.3 Å². The molecular formula is C18H13ClF2N4O2S. The molecule has 3 heterocycles. The van der Waals surface area contributed by atoms with Crippen LogP contribution in [0.3, 0.4) is 0 Å². The molecule has 0 saturated carbocycles. The van der Waals surface area contributed by atoms with Crippen LogP contribution in [0.4, 0.5) is 13.9 Å². The van der Waals surface area contributed by atoms with E-state index in [-0.39, 0.29) is 18.3 Å². The van der Waals surface area contributed by atoms with Gasteiger partial charge in [-0.05, 0) is 31.2 Å². The van der Waals surface area contributed by atoms with E-state index in [1.54, 1.807) is 31.2 Å². The Bertz CT molecular complexity index is 1090. The molecule has 0 radical (unpaired) electrons. The monoisotopic (exact) mass is 422 g/mol. The van der Waals surface area contributed by atoms with E-state index in [1.165, 1.54) is 12.4 Å². The zero-order chi connectivity index (χ0) is 19.8. The zero-order valence-electron chi connectivity index (χ0n) is 14.4. The standard InChI is InChI=1S/C18H13ClF2N4O2S/c1-9-14(15-22-4-5-25(15)17(20)21)28-18(23-9)24-16(26)11-6-10-7-12(19)2-3-13(10)27-8-11/h2-7,17H,8H2,1H3,(H,23,24,26). The number of carbonyl (C=O) groups is 1. The molecule has 3 aromatic rings. The van der Waals surface area contributed by atoms with Crippen molar-refractivity contribution in [1.29, 1.82) is 0 Å². The largest absolute Gasteiger partial charge is 0.488 e. The molecule has 0 fully saturated rings. The minimum atomic E-state index is -2.71. The highest BCUT2D eigenvalue weighted by molar-refractivity contribution is 7.19. The van der Waals surface area contributed by atoms with Crippen molar-refractivity contribution in [3.63, 3.8) is 0 Å². The summed E-state index contributed by atoms with van der Waals surface area (Å²) in [5.74, 6) is 0.365. The molecule has 1 aliphatic heterocycles. The van der Waals surface area contributed by atoms with Gasteiger partial charge in [0.1, 0.15) is 12.4 Å². The van der Waals surface area contributed by atoms with Gasteiger partial charge in [-0.15, -0.1) is 0 Å². The first-order valence-corrected chi connectivity index (χ1v) is 9.35. The van der Waals surface area contributed by atoms with Crippen LogP contribution in [0, 0.1) is 6.92 Å². The van der Waals surface area contributed by atoms with Crippen LogP contribution in [0.15, 0.2) is 36.2 Å². The molecule has 1 amide bonds. The number of carbonyl (C=O) groups excluding carboxylic acids is 1. The number of alkyl halides is 2. The third-order valence-corrected chi connectivity index (χ3v) is 5.38. The lowest BCUT2D eigenvalue weighted by molar-refractivity contribution is -0.113. The quantitative estimate of drug-likeness (QED) is 0.657. The molecule has 0 spiro atoms. The number of imidazole rings is 1. The van der Waals surface area contributed by atoms with Crippen LogP contribution in [0.25, 0.3) is 16.8 Å². The van der Waals surface area contributed by atoms with Gasteiger partial charge in [0.2, 0.25) is 0 Å². The molecule has 4 rings (SSSR count). The topological polar surface area (TPSA) is 69.0 Å². The van der Waals surface area contributed by atoms with Gasteiger partial charge in [-0.1, -0.05) is 22.9 Å². The summed E-state index contributed by atoms with van der Waals surface area (Å²) < 4.78 is 32.5. The Morgan fingerprint density at radius 1 is 1.43 bits per heavy atom. The lowest BCUT2D eigenvalue weighted by atomic mass is 10.1. The molecule has 1 aliphatic rings. The van der Waals surface area contributed by atoms with E-state index in [2.05, 4.69) is 15.3 Å². The van der Waals surface area contributed by atoms with Crippen molar-refractivity contribution in [2.24, 2.45) is 0 Å². The van der Waals surface area contributed by atoms with Crippen LogP contribution >= 0.6 is 22.9 Å². The second-order valence-corrected chi connectivity index (χ2v) is 7.40. The van der Waals surface area contributed by atoms with Crippen LogP contribution in [-0.4, -0.2) is 27.0 Å². The summed E-state index contributed by atoms with van der Waals surface area (Å²) >= 11 is 7.06. The predicted molar refractivity (Wildman–Crippen MR) is 103 cm³/mol. The molecule has 2 aromatic heterocycles. The molecule has 28 heavy (non-hydrogen) atoms. The number of halogens is 3. The second kappa shape index (κ2) is 7.33. The number of nitrogens with one attached hydrogen (secondary N) is 1. The fraction of sp³-hybridized carbons (Fsp3) is 0.167. The molecule has 0 saturated heterocycles. The molecule has 0 aliphatic carbocycles. The number of amides is 1. The number of ether oxygens (including phenoxy) is 1. The van der Waals surface area contributed by atoms with E-state index in [9.17, 15) is 13.6 Å². The van der Waals surface area contributed by atoms with Crippen molar-refractivity contribution in [2.45, 2.75) is 13.5 Å². The average molecular weight is 423 g/mol. The normalized spacial score (nSPS) is 13.1. The first-order chi connectivity index (χ1) is 13.4. The number of aryl methyl sites for hydroxylation is 1. The Balaban J connectivity index is 1.57. The summed E-state index contributed by atoms with van der Waals surface area (Å²) in [6.07, 6.45) is 4.20. The third kappa shape index (κ3) is 3.50. The Labute approximate surface area is 167 Å². The van der Waals surface area contributed by atoms with Crippen LogP contribution < -0.4 is 10.1 Å². The van der Waals surface area contributed by atoms with Crippen LogP contribution in [0.1, 0.15) is 17.8 Å². The van der Waals surface area contributed by atoms with Crippen molar-refractivity contribution in [3.05, 3.63) is 52.4 Å². The Hall–Kier alpha value is -2.78. The van der Waals surface area contributed by atoms with Crippen molar-refractivity contribution in [1.82, 2.24) is 14.5 Å². The SMILES string of the molecule is Cc1nc(NC(=O)C2=Cc3cc(Cl)ccc3OC2)sc1-c1nccn1C(F)F. The van der Waals surface area contributed by atoms with Crippen LogP contribution in [0.2, 0.25) is 5.02 Å². The van der Waals surface area contributed by atoms with Gasteiger partial charge in [0.15, 0.2) is 11.0 Å². The number of aromatic nitrogens is 3. The van der Waals surface area contributed by atoms with Crippen LogP contribution in [-0.2, 0) is 4.79 Å². The smallest absolute Gasteiger partial charge is 0.320 e. The van der Waals surface area contributed by atoms with Crippen molar-refractivity contribution in [3.8, 4) is 16.5 Å². The van der Waals surface area contributed by atoms with Crippen molar-refractivity contribution >= 4 is 40.1 Å². The number of hydrogen-bond donors (Lipinski definition) is 1. The van der Waals surface area contributed by atoms with Gasteiger partial charge in [-0.2, -0.15) is 8.78 Å². The fourth-order valence-corrected chi connectivity index (χ4v) is 3.90. The molecule has 0 bridgehead atoms. The van der Waals surface area contributed by atoms with E-state index in [0.29, 0.717) is 37.6 Å². The molecule has 0 atom stereocenters. The highest BCUT2D eigenvalue weighted by Gasteiger charge is 2.22. The first-order valence-electron chi connectivity index (χ1n) is 8.15. The summed E-state index contributed by atoms with van der Waals surface area (Å²) in [6.45, 7) is -0.936. The first kappa shape index (κ1) is 18.6. The van der Waals surface area contributed by atoms with Crippen molar-refractivity contribution in [2.75, 3.05) is 11.9 Å². The van der Waals surface area contributed by atoms with Crippen LogP contribution in [0.5, 0.6) is 5.75 Å². The minimum absolute atomic E-state index is 0.105. The highest BCUT2D eigenvalue weighted by atomic mass is 35.5. The lowest BCUT2D eigenvalue weighted by Gasteiger charge is -2.17. The van der Waals surface area contributed by atoms with Gasteiger partial charge in [0.25, 0.3) is 5.91 Å². The maximum absolute atomic E-state index is 13.1. The summed E-state index contributed by atoms with van der Waals surface area (Å²) in [7, 11) is 0. The van der Waals surface area contributed by atoms with Gasteiger partial charge in [0.05, 0.1) is 16.1 Å². The molecular weight excluding hydrogens is 410 g/mol. The Morgan fingerprint density at radius 2 is 2.25 bits per heavy atom. The van der Waals surface area contributed by atoms with E-state index in [1.807, 2.05) is 0 Å². The number of fused-ring (bicyclic) bond motifs is 1. The highest BCUT2D eigenvalue weighted by Crippen LogP contribution is 2.34. The van der Waals surface area contributed by atoms with Gasteiger partial charge >= 0.3 is 6.55 Å². The predicted octanol–water partition coefficient (Wildman–Crippen LogP) is 4.78. The maximum Gasteiger partial charge on any atom is 0.320 e. The minimum Gasteiger partial charge on any atom is -0.488 e. The summed E-state index contributed by atoms with van der Waals surface area (Å²) in [5, 5.41) is 3.52. The summed E-state index contributed by atoms with van der Waals surface area (Å²) in [6, 6.07) is 5.16. The van der Waals surface area contributed by atoms with E-state index >= 15 is 0 Å². The number of rotatable bonds is 4. The maximum atomic E-state index is 13.1. The van der Waals surface area contributed by atoms with E-state index < -0.39 is 6.55 Å². The lowest BCUT2D eigenvalue weighted by Crippen LogP contribution is -2.21. The van der Waals surface area contributed by atoms with Gasteiger partial charge in [0, 0.05) is 23.0 Å². The van der Waals surface area contributed by atoms with Crippen molar-refractivity contribution < 1.29 is 18.3 Å². The molecule has 10 heteroatoms. The zero-order valence-corrected chi connectivity index (χ0v) is 16.0. The number of benzene rings is 1. The number of hydrogen-bond acceptors (Lipinski definition) is 5. The van der Waals surface area contributed by atoms with E-state index in [0.717, 1.165) is 15.9 Å². The van der Waals surface area contributed by atoms with Gasteiger partial charge < -0.3 is 4.74 Å². The van der Waals surface area contributed by atoms with Gasteiger partial charge in [-0.25, -0.2) is 9.97 Å². The fourth-order valence-electron chi connectivity index (χ4n) is 2.76. The average Bonchev–Trinajstić information content (AvgIpc) is 3.27. The molecule has 1 N–H and O–H groups in total. The summed E-state index contributed by atoms with van der Waals surface area (Å²) in [4.78, 5) is 21.3. The number of thiazole rings is 1. The molecule has 144 valence electrons.